The minimum atomic E-state index is -0.720. The lowest BCUT2D eigenvalue weighted by atomic mass is 9.89. The van der Waals surface area contributed by atoms with E-state index in [-0.39, 0.29) is 12.5 Å². The maximum Gasteiger partial charge on any atom is 0.260 e. The average molecular weight is 318 g/mol. The summed E-state index contributed by atoms with van der Waals surface area (Å²) in [6, 6.07) is 4.84. The van der Waals surface area contributed by atoms with Crippen molar-refractivity contribution in [2.24, 2.45) is 0 Å². The Balaban J connectivity index is 1.82. The first-order chi connectivity index (χ1) is 9.43. The maximum atomic E-state index is 11.9. The van der Waals surface area contributed by atoms with E-state index in [4.69, 9.17) is 27.9 Å². The molecule has 0 radical (unpaired) electrons. The van der Waals surface area contributed by atoms with E-state index < -0.39 is 5.60 Å². The molecule has 1 aromatic carbocycles. The fourth-order valence-electron chi connectivity index (χ4n) is 2.29. The number of carbonyl (C=O) groups is 1. The molecule has 0 bridgehead atoms. The van der Waals surface area contributed by atoms with Crippen LogP contribution < -0.4 is 4.74 Å². The van der Waals surface area contributed by atoms with Crippen LogP contribution in [0, 0.1) is 0 Å². The molecule has 0 saturated carbocycles. The minimum Gasteiger partial charge on any atom is -0.482 e. The number of hydrogen-bond donors (Lipinski definition) is 1. The van der Waals surface area contributed by atoms with E-state index in [2.05, 4.69) is 0 Å². The van der Waals surface area contributed by atoms with Gasteiger partial charge in [0.1, 0.15) is 5.75 Å². The van der Waals surface area contributed by atoms with E-state index >= 15 is 0 Å². The number of hydrogen-bond acceptors (Lipinski definition) is 3. The van der Waals surface area contributed by atoms with E-state index in [0.717, 1.165) is 6.42 Å². The largest absolute Gasteiger partial charge is 0.482 e. The van der Waals surface area contributed by atoms with E-state index in [9.17, 15) is 9.90 Å². The molecule has 0 atom stereocenters. The highest BCUT2D eigenvalue weighted by Crippen LogP contribution is 2.28. The SMILES string of the molecule is CCCC1(O)CN(C(=O)COc2ccc(Cl)cc2Cl)C1. The maximum absolute atomic E-state index is 11.9. The Kier molecular flexibility index (Phi) is 4.78. The van der Waals surface area contributed by atoms with Gasteiger partial charge in [0.25, 0.3) is 5.91 Å². The summed E-state index contributed by atoms with van der Waals surface area (Å²) in [4.78, 5) is 13.5. The van der Waals surface area contributed by atoms with Crippen molar-refractivity contribution in [3.63, 3.8) is 0 Å². The Bertz CT molecular complexity index is 501. The van der Waals surface area contributed by atoms with Crippen molar-refractivity contribution in [3.8, 4) is 5.75 Å². The molecule has 4 nitrogen and oxygen atoms in total. The Morgan fingerprint density at radius 2 is 2.15 bits per heavy atom. The quantitative estimate of drug-likeness (QED) is 0.908. The summed E-state index contributed by atoms with van der Waals surface area (Å²) in [5, 5.41) is 10.9. The molecule has 0 aromatic heterocycles. The second-order valence-electron chi connectivity index (χ2n) is 5.09. The van der Waals surface area contributed by atoms with Gasteiger partial charge in [0, 0.05) is 5.02 Å². The van der Waals surface area contributed by atoms with Gasteiger partial charge in [-0.3, -0.25) is 4.79 Å². The smallest absolute Gasteiger partial charge is 0.260 e. The normalized spacial score (nSPS) is 16.7. The van der Waals surface area contributed by atoms with Gasteiger partial charge in [-0.1, -0.05) is 36.5 Å². The molecule has 0 aliphatic carbocycles. The van der Waals surface area contributed by atoms with Crippen LogP contribution in [0.15, 0.2) is 18.2 Å². The highest BCUT2D eigenvalue weighted by atomic mass is 35.5. The molecule has 1 saturated heterocycles. The van der Waals surface area contributed by atoms with Gasteiger partial charge >= 0.3 is 0 Å². The lowest BCUT2D eigenvalue weighted by Crippen LogP contribution is -2.64. The van der Waals surface area contributed by atoms with Gasteiger partial charge < -0.3 is 14.7 Å². The van der Waals surface area contributed by atoms with Crippen molar-refractivity contribution in [1.82, 2.24) is 4.90 Å². The number of rotatable bonds is 5. The van der Waals surface area contributed by atoms with Crippen LogP contribution >= 0.6 is 23.2 Å². The summed E-state index contributed by atoms with van der Waals surface area (Å²) in [6.45, 7) is 2.66. The third-order valence-corrected chi connectivity index (χ3v) is 3.81. The molecule has 1 heterocycles. The van der Waals surface area contributed by atoms with Crippen molar-refractivity contribution >= 4 is 29.1 Å². The number of nitrogens with zero attached hydrogens (tertiary/aromatic N) is 1. The van der Waals surface area contributed by atoms with Crippen molar-refractivity contribution in [2.45, 2.75) is 25.4 Å². The number of amides is 1. The van der Waals surface area contributed by atoms with E-state index in [1.54, 1.807) is 23.1 Å². The summed E-state index contributed by atoms with van der Waals surface area (Å²) >= 11 is 11.7. The molecular formula is C14H17Cl2NO3. The molecule has 0 spiro atoms. The van der Waals surface area contributed by atoms with E-state index in [1.165, 1.54) is 0 Å². The van der Waals surface area contributed by atoms with Gasteiger partial charge in [0.2, 0.25) is 0 Å². The van der Waals surface area contributed by atoms with Crippen molar-refractivity contribution in [3.05, 3.63) is 28.2 Å². The Hall–Kier alpha value is -0.970. The molecule has 1 amide bonds. The lowest BCUT2D eigenvalue weighted by Gasteiger charge is -2.46. The number of likely N-dealkylation sites (tertiary alicyclic amines) is 1. The van der Waals surface area contributed by atoms with Gasteiger partial charge in [0.05, 0.1) is 23.7 Å². The number of β-amino-alcohol motifs (C(OH)–C–C–N with tert-alkyl or cyclic N) is 1. The molecule has 1 N–H and O–H groups in total. The predicted molar refractivity (Wildman–Crippen MR) is 78.4 cm³/mol. The molecule has 1 aliphatic rings. The minimum absolute atomic E-state index is 0.0937. The van der Waals surface area contributed by atoms with Crippen LogP contribution in [-0.4, -0.2) is 41.2 Å². The number of benzene rings is 1. The molecule has 20 heavy (non-hydrogen) atoms. The number of aliphatic hydroxyl groups is 1. The molecule has 1 fully saturated rings. The Labute approximate surface area is 128 Å². The number of halogens is 2. The van der Waals surface area contributed by atoms with Gasteiger partial charge in [-0.2, -0.15) is 0 Å². The summed E-state index contributed by atoms with van der Waals surface area (Å²) < 4.78 is 5.38. The zero-order valence-electron chi connectivity index (χ0n) is 11.2. The number of ether oxygens (including phenoxy) is 1. The fraction of sp³-hybridized carbons (Fsp3) is 0.500. The topological polar surface area (TPSA) is 49.8 Å². The summed E-state index contributed by atoms with van der Waals surface area (Å²) in [5.41, 5.74) is -0.720. The third kappa shape index (κ3) is 3.57. The first kappa shape index (κ1) is 15.4. The molecule has 6 heteroatoms. The van der Waals surface area contributed by atoms with E-state index in [1.807, 2.05) is 6.92 Å². The molecular weight excluding hydrogens is 301 g/mol. The third-order valence-electron chi connectivity index (χ3n) is 3.28. The first-order valence-electron chi connectivity index (χ1n) is 6.51. The van der Waals surface area contributed by atoms with Gasteiger partial charge in [-0.05, 0) is 24.6 Å². The Morgan fingerprint density at radius 1 is 1.45 bits per heavy atom. The summed E-state index contributed by atoms with van der Waals surface area (Å²) in [6.07, 6.45) is 1.61. The summed E-state index contributed by atoms with van der Waals surface area (Å²) in [7, 11) is 0. The van der Waals surface area contributed by atoms with E-state index in [0.29, 0.717) is 35.3 Å². The zero-order valence-corrected chi connectivity index (χ0v) is 12.7. The molecule has 0 unspecified atom stereocenters. The van der Waals surface area contributed by atoms with Crippen LogP contribution in [0.4, 0.5) is 0 Å². The second kappa shape index (κ2) is 6.20. The van der Waals surface area contributed by atoms with Crippen LogP contribution in [-0.2, 0) is 4.79 Å². The fourth-order valence-corrected chi connectivity index (χ4v) is 2.75. The first-order valence-corrected chi connectivity index (χ1v) is 7.27. The molecule has 1 aromatic rings. The standard InChI is InChI=1S/C14H17Cl2NO3/c1-2-5-14(19)8-17(9-14)13(18)7-20-12-4-3-10(15)6-11(12)16/h3-4,6,19H,2,5,7-9H2,1H3. The van der Waals surface area contributed by atoms with Crippen LogP contribution in [0.1, 0.15) is 19.8 Å². The predicted octanol–water partition coefficient (Wildman–Crippen LogP) is 2.75. The van der Waals surface area contributed by atoms with Crippen LogP contribution in [0.5, 0.6) is 5.75 Å². The highest BCUT2D eigenvalue weighted by Gasteiger charge is 2.42. The van der Waals surface area contributed by atoms with Gasteiger partial charge in [-0.15, -0.1) is 0 Å². The number of carbonyl (C=O) groups excluding carboxylic acids is 1. The Morgan fingerprint density at radius 3 is 2.75 bits per heavy atom. The van der Waals surface area contributed by atoms with Crippen LogP contribution in [0.2, 0.25) is 10.0 Å². The molecule has 110 valence electrons. The molecule has 1 aliphatic heterocycles. The second-order valence-corrected chi connectivity index (χ2v) is 5.93. The van der Waals surface area contributed by atoms with Gasteiger partial charge in [-0.25, -0.2) is 0 Å². The van der Waals surface area contributed by atoms with Crippen molar-refractivity contribution < 1.29 is 14.6 Å². The van der Waals surface area contributed by atoms with Crippen molar-refractivity contribution in [2.75, 3.05) is 19.7 Å². The monoisotopic (exact) mass is 317 g/mol. The average Bonchev–Trinajstić information content (AvgIpc) is 2.34. The van der Waals surface area contributed by atoms with Crippen molar-refractivity contribution in [1.29, 1.82) is 0 Å². The van der Waals surface area contributed by atoms with Gasteiger partial charge in [0.15, 0.2) is 6.61 Å². The van der Waals surface area contributed by atoms with Crippen LogP contribution in [0.25, 0.3) is 0 Å². The zero-order chi connectivity index (χ0) is 14.8. The summed E-state index contributed by atoms with van der Waals surface area (Å²) in [5.74, 6) is 0.269. The van der Waals surface area contributed by atoms with Crippen LogP contribution in [0.3, 0.4) is 0 Å². The lowest BCUT2D eigenvalue weighted by molar-refractivity contribution is -0.158. The molecule has 2 rings (SSSR count). The highest BCUT2D eigenvalue weighted by molar-refractivity contribution is 6.35.